The highest BCUT2D eigenvalue weighted by Gasteiger charge is 2.08. The van der Waals surface area contributed by atoms with Crippen LogP contribution in [0.3, 0.4) is 0 Å². The molecule has 1 heterocycles. The predicted molar refractivity (Wildman–Crippen MR) is 102 cm³/mol. The number of amides is 1. The fraction of sp³-hybridized carbons (Fsp3) is 0.111. The molecule has 25 heavy (non-hydrogen) atoms. The molecule has 0 atom stereocenters. The number of thiazole rings is 1. The van der Waals surface area contributed by atoms with Crippen molar-refractivity contribution in [1.29, 1.82) is 0 Å². The summed E-state index contributed by atoms with van der Waals surface area (Å²) in [5.74, 6) is -0.0948. The number of rotatable bonds is 6. The average molecular weight is 438 g/mol. The van der Waals surface area contributed by atoms with Crippen LogP contribution in [0.15, 0.2) is 64.5 Å². The molecule has 2 aromatic carbocycles. The zero-order chi connectivity index (χ0) is 16.8. The van der Waals surface area contributed by atoms with Crippen molar-refractivity contribution in [2.45, 2.75) is 6.54 Å². The maximum Gasteiger partial charge on any atom is 0.240 e. The first kappa shape index (κ1) is 19.6. The van der Waals surface area contributed by atoms with E-state index in [1.165, 1.54) is 11.3 Å². The van der Waals surface area contributed by atoms with Crippen LogP contribution in [0, 0.1) is 0 Å². The van der Waals surface area contributed by atoms with E-state index in [0.29, 0.717) is 11.7 Å². The van der Waals surface area contributed by atoms with Crippen molar-refractivity contribution in [3.63, 3.8) is 0 Å². The lowest BCUT2D eigenvalue weighted by Gasteiger charge is -2.04. The molecule has 0 radical (unpaired) electrons. The minimum Gasteiger partial charge on any atom is -1.00 e. The summed E-state index contributed by atoms with van der Waals surface area (Å²) >= 11 is 4.84. The molecule has 0 aliphatic rings. The molecule has 7 heteroatoms. The molecule has 2 N–H and O–H groups in total. The first-order chi connectivity index (χ1) is 11.7. The van der Waals surface area contributed by atoms with Crippen LogP contribution >= 0.6 is 27.3 Å². The average Bonchev–Trinajstić information content (AvgIpc) is 3.05. The van der Waals surface area contributed by atoms with Crippen molar-refractivity contribution in [2.24, 2.45) is 0 Å². The van der Waals surface area contributed by atoms with E-state index in [2.05, 4.69) is 31.5 Å². The Morgan fingerprint density at radius 3 is 2.52 bits per heavy atom. The zero-order valence-electron chi connectivity index (χ0n) is 13.2. The maximum atomic E-state index is 12.0. The second kappa shape index (κ2) is 9.68. The Balaban J connectivity index is 0.00000225. The predicted octanol–water partition coefficient (Wildman–Crippen LogP) is 1.30. The fourth-order valence-corrected chi connectivity index (χ4v) is 3.16. The monoisotopic (exact) mass is 436 g/mol. The second-order valence-electron chi connectivity index (χ2n) is 5.18. The Bertz CT molecular complexity index is 809. The van der Waals surface area contributed by atoms with Gasteiger partial charge in [-0.25, -0.2) is 4.98 Å². The summed E-state index contributed by atoms with van der Waals surface area (Å²) in [6.07, 6.45) is 0. The van der Waals surface area contributed by atoms with Gasteiger partial charge < -0.3 is 23.0 Å². The molecule has 1 aromatic heterocycles. The third kappa shape index (κ3) is 5.93. The van der Waals surface area contributed by atoms with Crippen LogP contribution in [-0.2, 0) is 11.3 Å². The standard InChI is InChI=1S/C18H16BrN3OS.ClH/c19-15-8-6-14(7-9-15)16-12-24-18(21-16)22-17(23)11-20-10-13-4-2-1-3-5-13;/h1-9,12,20H,10-11H2,(H,21,22,23);1H/p-1. The van der Waals surface area contributed by atoms with Crippen molar-refractivity contribution < 1.29 is 17.2 Å². The van der Waals surface area contributed by atoms with Gasteiger partial charge in [-0.05, 0) is 17.7 Å². The lowest BCUT2D eigenvalue weighted by atomic mass is 10.2. The molecule has 0 fully saturated rings. The van der Waals surface area contributed by atoms with Crippen molar-refractivity contribution >= 4 is 38.3 Å². The van der Waals surface area contributed by atoms with Crippen LogP contribution in [-0.4, -0.2) is 17.4 Å². The number of anilines is 1. The number of halogens is 2. The van der Waals surface area contributed by atoms with Gasteiger partial charge in [0, 0.05) is 22.0 Å². The first-order valence-corrected chi connectivity index (χ1v) is 9.14. The highest BCUT2D eigenvalue weighted by Crippen LogP contribution is 2.25. The van der Waals surface area contributed by atoms with E-state index >= 15 is 0 Å². The third-order valence-corrected chi connectivity index (χ3v) is 4.63. The highest BCUT2D eigenvalue weighted by atomic mass is 79.9. The molecule has 3 rings (SSSR count). The van der Waals surface area contributed by atoms with Gasteiger partial charge in [0.25, 0.3) is 0 Å². The van der Waals surface area contributed by atoms with Crippen LogP contribution in [0.1, 0.15) is 5.56 Å². The SMILES string of the molecule is O=C(CNCc1ccccc1)Nc1nc(-c2ccc(Br)cc2)cs1.[Cl-]. The van der Waals surface area contributed by atoms with Gasteiger partial charge in [-0.3, -0.25) is 4.79 Å². The van der Waals surface area contributed by atoms with Crippen molar-refractivity contribution in [2.75, 3.05) is 11.9 Å². The Kier molecular flexibility index (Phi) is 7.58. The van der Waals surface area contributed by atoms with Crippen molar-refractivity contribution in [3.8, 4) is 11.3 Å². The lowest BCUT2D eigenvalue weighted by Crippen LogP contribution is -3.00. The molecule has 130 valence electrons. The Hall–Kier alpha value is -1.73. The van der Waals surface area contributed by atoms with Gasteiger partial charge in [0.1, 0.15) is 0 Å². The van der Waals surface area contributed by atoms with Crippen LogP contribution in [0.5, 0.6) is 0 Å². The molecule has 0 unspecified atom stereocenters. The molecular formula is C18H16BrClN3OS-. The summed E-state index contributed by atoms with van der Waals surface area (Å²) in [6, 6.07) is 17.9. The summed E-state index contributed by atoms with van der Waals surface area (Å²) in [6.45, 7) is 0.915. The quantitative estimate of drug-likeness (QED) is 0.611. The summed E-state index contributed by atoms with van der Waals surface area (Å²) < 4.78 is 1.03. The van der Waals surface area contributed by atoms with E-state index in [4.69, 9.17) is 0 Å². The van der Waals surface area contributed by atoms with Crippen LogP contribution in [0.25, 0.3) is 11.3 Å². The van der Waals surface area contributed by atoms with Gasteiger partial charge in [0.15, 0.2) is 5.13 Å². The van der Waals surface area contributed by atoms with E-state index in [0.717, 1.165) is 21.3 Å². The number of hydrogen-bond donors (Lipinski definition) is 2. The minimum absolute atomic E-state index is 0. The molecule has 0 bridgehead atoms. The summed E-state index contributed by atoms with van der Waals surface area (Å²) in [5.41, 5.74) is 3.04. The van der Waals surface area contributed by atoms with Crippen molar-refractivity contribution in [3.05, 3.63) is 70.0 Å². The largest absolute Gasteiger partial charge is 1.00 e. The van der Waals surface area contributed by atoms with E-state index < -0.39 is 0 Å². The normalized spacial score (nSPS) is 10.1. The molecular weight excluding hydrogens is 422 g/mol. The van der Waals surface area contributed by atoms with Crippen LogP contribution < -0.4 is 23.0 Å². The van der Waals surface area contributed by atoms with Crippen molar-refractivity contribution in [1.82, 2.24) is 10.3 Å². The molecule has 3 aromatic rings. The summed E-state index contributed by atoms with van der Waals surface area (Å²) in [5, 5.41) is 8.50. The van der Waals surface area contributed by atoms with Gasteiger partial charge in [0.2, 0.25) is 5.91 Å². The number of benzene rings is 2. The Morgan fingerprint density at radius 1 is 1.08 bits per heavy atom. The first-order valence-electron chi connectivity index (χ1n) is 7.47. The fourth-order valence-electron chi connectivity index (χ4n) is 2.16. The third-order valence-electron chi connectivity index (χ3n) is 3.35. The van der Waals surface area contributed by atoms with E-state index in [-0.39, 0.29) is 24.9 Å². The molecule has 0 saturated carbocycles. The van der Waals surface area contributed by atoms with Gasteiger partial charge in [-0.1, -0.05) is 58.4 Å². The molecule has 0 aliphatic heterocycles. The number of hydrogen-bond acceptors (Lipinski definition) is 4. The summed E-state index contributed by atoms with van der Waals surface area (Å²) in [4.78, 5) is 16.4. The second-order valence-corrected chi connectivity index (χ2v) is 6.96. The zero-order valence-corrected chi connectivity index (χ0v) is 16.4. The molecule has 1 amide bonds. The maximum absolute atomic E-state index is 12.0. The Morgan fingerprint density at radius 2 is 1.80 bits per heavy atom. The number of carbonyl (C=O) groups is 1. The number of nitrogens with one attached hydrogen (secondary N) is 2. The van der Waals surface area contributed by atoms with E-state index in [1.807, 2.05) is 60.0 Å². The van der Waals surface area contributed by atoms with Crippen LogP contribution in [0.2, 0.25) is 0 Å². The van der Waals surface area contributed by atoms with E-state index in [1.54, 1.807) is 0 Å². The van der Waals surface area contributed by atoms with Crippen LogP contribution in [0.4, 0.5) is 5.13 Å². The van der Waals surface area contributed by atoms with Gasteiger partial charge in [-0.15, -0.1) is 11.3 Å². The molecule has 0 aliphatic carbocycles. The molecule has 0 spiro atoms. The van der Waals surface area contributed by atoms with Gasteiger partial charge in [-0.2, -0.15) is 0 Å². The van der Waals surface area contributed by atoms with Gasteiger partial charge in [0.05, 0.1) is 12.2 Å². The summed E-state index contributed by atoms with van der Waals surface area (Å²) in [7, 11) is 0. The lowest BCUT2D eigenvalue weighted by molar-refractivity contribution is -0.115. The minimum atomic E-state index is -0.0948. The smallest absolute Gasteiger partial charge is 0.240 e. The van der Waals surface area contributed by atoms with Gasteiger partial charge >= 0.3 is 0 Å². The molecule has 0 saturated heterocycles. The Labute approximate surface area is 165 Å². The number of nitrogens with zero attached hydrogens (tertiary/aromatic N) is 1. The topological polar surface area (TPSA) is 54.0 Å². The highest BCUT2D eigenvalue weighted by molar-refractivity contribution is 9.10. The molecule has 4 nitrogen and oxygen atoms in total. The number of aromatic nitrogens is 1. The van der Waals surface area contributed by atoms with E-state index in [9.17, 15) is 4.79 Å². The number of carbonyl (C=O) groups excluding carboxylic acids is 1.